The van der Waals surface area contributed by atoms with Gasteiger partial charge in [0.2, 0.25) is 0 Å². The number of rotatable bonds is 3. The van der Waals surface area contributed by atoms with Crippen molar-refractivity contribution in [2.45, 2.75) is 13.3 Å². The lowest BCUT2D eigenvalue weighted by Gasteiger charge is -2.05. The number of benzene rings is 2. The van der Waals surface area contributed by atoms with Gasteiger partial charge in [-0.25, -0.2) is 4.79 Å². The van der Waals surface area contributed by atoms with Crippen LogP contribution in [0.4, 0.5) is 0 Å². The van der Waals surface area contributed by atoms with Crippen molar-refractivity contribution in [3.05, 3.63) is 87.9 Å². The SMILES string of the molecule is Cc1cc(=O)oc2cc(C(=O)Cc3ccc4ncccc4c3)ccc12. The molecule has 0 unspecified atom stereocenters. The average Bonchev–Trinajstić information content (AvgIpc) is 2.61. The van der Waals surface area contributed by atoms with Crippen molar-refractivity contribution in [3.63, 3.8) is 0 Å². The normalized spacial score (nSPS) is 11.1. The molecule has 0 saturated heterocycles. The van der Waals surface area contributed by atoms with E-state index < -0.39 is 5.63 Å². The van der Waals surface area contributed by atoms with E-state index in [0.29, 0.717) is 11.1 Å². The van der Waals surface area contributed by atoms with Gasteiger partial charge in [-0.2, -0.15) is 0 Å². The lowest BCUT2D eigenvalue weighted by molar-refractivity contribution is 0.0993. The molecule has 0 aliphatic heterocycles. The standard InChI is InChI=1S/C21H15NO3/c1-13-9-21(24)25-20-12-16(5-6-17(13)20)19(23)11-14-4-7-18-15(10-14)3-2-8-22-18/h2-10,12H,11H2,1H3. The maximum Gasteiger partial charge on any atom is 0.336 e. The van der Waals surface area contributed by atoms with Gasteiger partial charge in [0.05, 0.1) is 5.52 Å². The number of fused-ring (bicyclic) bond motifs is 2. The summed E-state index contributed by atoms with van der Waals surface area (Å²) in [5, 5.41) is 1.85. The van der Waals surface area contributed by atoms with Crippen LogP contribution in [0.2, 0.25) is 0 Å². The third-order valence-electron chi connectivity index (χ3n) is 4.31. The van der Waals surface area contributed by atoms with E-state index in [2.05, 4.69) is 4.98 Å². The van der Waals surface area contributed by atoms with Gasteiger partial charge in [-0.05, 0) is 42.3 Å². The average molecular weight is 329 g/mol. The second kappa shape index (κ2) is 5.98. The Hall–Kier alpha value is -3.27. The van der Waals surface area contributed by atoms with Crippen LogP contribution >= 0.6 is 0 Å². The molecule has 4 aromatic rings. The topological polar surface area (TPSA) is 60.2 Å². The summed E-state index contributed by atoms with van der Waals surface area (Å²) in [6.45, 7) is 1.85. The van der Waals surface area contributed by atoms with Crippen molar-refractivity contribution in [3.8, 4) is 0 Å². The Labute approximate surface area is 143 Å². The molecule has 0 bridgehead atoms. The van der Waals surface area contributed by atoms with Crippen molar-refractivity contribution in [1.82, 2.24) is 4.98 Å². The number of carbonyl (C=O) groups excluding carboxylic acids is 1. The van der Waals surface area contributed by atoms with Crippen LogP contribution in [0.3, 0.4) is 0 Å². The van der Waals surface area contributed by atoms with Gasteiger partial charge >= 0.3 is 5.63 Å². The maximum atomic E-state index is 12.6. The van der Waals surface area contributed by atoms with E-state index >= 15 is 0 Å². The van der Waals surface area contributed by atoms with Crippen molar-refractivity contribution in [2.75, 3.05) is 0 Å². The Kier molecular flexibility index (Phi) is 3.65. The van der Waals surface area contributed by atoms with Gasteiger partial charge in [0.1, 0.15) is 5.58 Å². The first-order valence-electron chi connectivity index (χ1n) is 8.01. The number of aromatic nitrogens is 1. The molecule has 4 nitrogen and oxygen atoms in total. The van der Waals surface area contributed by atoms with E-state index in [9.17, 15) is 9.59 Å². The second-order valence-electron chi connectivity index (χ2n) is 6.09. The lowest BCUT2D eigenvalue weighted by Crippen LogP contribution is -2.04. The van der Waals surface area contributed by atoms with Crippen molar-refractivity contribution in [1.29, 1.82) is 0 Å². The number of aryl methyl sites for hydroxylation is 1. The Morgan fingerprint density at radius 2 is 1.96 bits per heavy atom. The van der Waals surface area contributed by atoms with Crippen LogP contribution in [0.25, 0.3) is 21.9 Å². The Balaban J connectivity index is 1.67. The Morgan fingerprint density at radius 3 is 2.84 bits per heavy atom. The summed E-state index contributed by atoms with van der Waals surface area (Å²) in [5.74, 6) is -0.0192. The van der Waals surface area contributed by atoms with Crippen LogP contribution in [0.15, 0.2) is 70.0 Å². The molecule has 122 valence electrons. The Morgan fingerprint density at radius 1 is 1.08 bits per heavy atom. The molecule has 0 atom stereocenters. The molecule has 25 heavy (non-hydrogen) atoms. The predicted octanol–water partition coefficient (Wildman–Crippen LogP) is 4.08. The molecule has 0 saturated carbocycles. The quantitative estimate of drug-likeness (QED) is 0.420. The third kappa shape index (κ3) is 2.94. The molecule has 0 amide bonds. The van der Waals surface area contributed by atoms with Gasteiger partial charge in [-0.15, -0.1) is 0 Å². The molecular weight excluding hydrogens is 314 g/mol. The highest BCUT2D eigenvalue weighted by Gasteiger charge is 2.11. The highest BCUT2D eigenvalue weighted by Crippen LogP contribution is 2.20. The van der Waals surface area contributed by atoms with E-state index in [4.69, 9.17) is 4.42 Å². The third-order valence-corrected chi connectivity index (χ3v) is 4.31. The number of hydrogen-bond acceptors (Lipinski definition) is 4. The molecular formula is C21H15NO3. The van der Waals surface area contributed by atoms with Crippen molar-refractivity contribution < 1.29 is 9.21 Å². The number of Topliss-reactive ketones (excluding diaryl/α,β-unsaturated/α-hetero) is 1. The van der Waals surface area contributed by atoms with Gasteiger partial charge in [0, 0.05) is 35.0 Å². The summed E-state index contributed by atoms with van der Waals surface area (Å²) in [5.41, 5.74) is 3.24. The number of carbonyl (C=O) groups is 1. The van der Waals surface area contributed by atoms with Gasteiger partial charge in [-0.3, -0.25) is 9.78 Å². The van der Waals surface area contributed by atoms with E-state index in [-0.39, 0.29) is 12.2 Å². The zero-order valence-corrected chi connectivity index (χ0v) is 13.7. The highest BCUT2D eigenvalue weighted by molar-refractivity contribution is 6.00. The first-order valence-corrected chi connectivity index (χ1v) is 8.01. The van der Waals surface area contributed by atoms with E-state index in [1.165, 1.54) is 6.07 Å². The number of hydrogen-bond donors (Lipinski definition) is 0. The first kappa shape index (κ1) is 15.3. The molecule has 2 heterocycles. The van der Waals surface area contributed by atoms with Crippen LogP contribution in [0.5, 0.6) is 0 Å². The summed E-state index contributed by atoms with van der Waals surface area (Å²) in [4.78, 5) is 28.5. The fraction of sp³-hybridized carbons (Fsp3) is 0.0952. The fourth-order valence-electron chi connectivity index (χ4n) is 3.02. The molecule has 2 aromatic heterocycles. The zero-order valence-electron chi connectivity index (χ0n) is 13.7. The number of nitrogens with zero attached hydrogens (tertiary/aromatic N) is 1. The molecule has 0 fully saturated rings. The van der Waals surface area contributed by atoms with Gasteiger partial charge in [0.15, 0.2) is 5.78 Å². The number of ketones is 1. The first-order chi connectivity index (χ1) is 12.1. The molecule has 4 rings (SSSR count). The van der Waals surface area contributed by atoms with Gasteiger partial charge < -0.3 is 4.42 Å². The minimum atomic E-state index is -0.406. The summed E-state index contributed by atoms with van der Waals surface area (Å²) in [6, 6.07) is 16.4. The number of pyridine rings is 1. The fourth-order valence-corrected chi connectivity index (χ4v) is 3.02. The highest BCUT2D eigenvalue weighted by atomic mass is 16.4. The van der Waals surface area contributed by atoms with Gasteiger partial charge in [-0.1, -0.05) is 24.3 Å². The lowest BCUT2D eigenvalue weighted by atomic mass is 10.00. The second-order valence-corrected chi connectivity index (χ2v) is 6.09. The summed E-state index contributed by atoms with van der Waals surface area (Å²) >= 11 is 0. The molecule has 0 spiro atoms. The molecule has 2 aromatic carbocycles. The minimum absolute atomic E-state index is 0.0192. The minimum Gasteiger partial charge on any atom is -0.423 e. The van der Waals surface area contributed by atoms with E-state index in [0.717, 1.165) is 27.4 Å². The summed E-state index contributed by atoms with van der Waals surface area (Å²) in [7, 11) is 0. The van der Waals surface area contributed by atoms with Crippen LogP contribution < -0.4 is 5.63 Å². The molecule has 0 radical (unpaired) electrons. The maximum absolute atomic E-state index is 12.6. The smallest absolute Gasteiger partial charge is 0.336 e. The van der Waals surface area contributed by atoms with Crippen LogP contribution in [0, 0.1) is 6.92 Å². The van der Waals surface area contributed by atoms with Crippen LogP contribution in [0.1, 0.15) is 21.5 Å². The summed E-state index contributed by atoms with van der Waals surface area (Å²) < 4.78 is 5.23. The van der Waals surface area contributed by atoms with Gasteiger partial charge in [0.25, 0.3) is 0 Å². The van der Waals surface area contributed by atoms with Crippen LogP contribution in [-0.4, -0.2) is 10.8 Å². The molecule has 0 aliphatic carbocycles. The van der Waals surface area contributed by atoms with E-state index in [1.54, 1.807) is 18.3 Å². The van der Waals surface area contributed by atoms with E-state index in [1.807, 2.05) is 43.3 Å². The Bertz CT molecular complexity index is 1170. The predicted molar refractivity (Wildman–Crippen MR) is 97.0 cm³/mol. The van der Waals surface area contributed by atoms with Crippen molar-refractivity contribution >= 4 is 27.7 Å². The molecule has 0 N–H and O–H groups in total. The largest absolute Gasteiger partial charge is 0.423 e. The zero-order chi connectivity index (χ0) is 17.4. The van der Waals surface area contributed by atoms with Crippen LogP contribution in [-0.2, 0) is 6.42 Å². The monoisotopic (exact) mass is 329 g/mol. The van der Waals surface area contributed by atoms with Crippen molar-refractivity contribution in [2.24, 2.45) is 0 Å². The summed E-state index contributed by atoms with van der Waals surface area (Å²) in [6.07, 6.45) is 2.03. The molecule has 0 aliphatic rings. The molecule has 4 heteroatoms.